The first-order chi connectivity index (χ1) is 11.8. The van der Waals surface area contributed by atoms with Gasteiger partial charge in [-0.05, 0) is 35.7 Å². The molecule has 0 aliphatic carbocycles. The van der Waals surface area contributed by atoms with E-state index in [-0.39, 0.29) is 5.91 Å². The minimum atomic E-state index is -0.252. The lowest BCUT2D eigenvalue weighted by Crippen LogP contribution is -2.14. The van der Waals surface area contributed by atoms with Gasteiger partial charge in [0.1, 0.15) is 5.69 Å². The number of hydrogen-bond donors (Lipinski definition) is 1. The molecule has 24 heavy (non-hydrogen) atoms. The molecule has 0 aliphatic rings. The van der Waals surface area contributed by atoms with E-state index in [9.17, 15) is 4.79 Å². The molecule has 2 heterocycles. The van der Waals surface area contributed by atoms with Crippen LogP contribution in [0.3, 0.4) is 0 Å². The monoisotopic (exact) mass is 316 g/mol. The van der Waals surface area contributed by atoms with Crippen LogP contribution in [-0.2, 0) is 0 Å². The molecule has 4 aromatic rings. The van der Waals surface area contributed by atoms with Crippen molar-refractivity contribution in [1.82, 2.24) is 15.2 Å². The van der Waals surface area contributed by atoms with E-state index in [0.717, 1.165) is 16.3 Å². The summed E-state index contributed by atoms with van der Waals surface area (Å²) >= 11 is 0. The maximum Gasteiger partial charge on any atom is 0.274 e. The van der Waals surface area contributed by atoms with Gasteiger partial charge in [0.25, 0.3) is 5.91 Å². The Morgan fingerprint density at radius 3 is 2.62 bits per heavy atom. The lowest BCUT2D eigenvalue weighted by atomic mass is 10.1. The van der Waals surface area contributed by atoms with Gasteiger partial charge in [0, 0.05) is 22.8 Å². The fourth-order valence-electron chi connectivity index (χ4n) is 2.49. The quantitative estimate of drug-likeness (QED) is 0.625. The van der Waals surface area contributed by atoms with Gasteiger partial charge in [0.2, 0.25) is 12.3 Å². The highest BCUT2D eigenvalue weighted by Gasteiger charge is 2.12. The SMILES string of the molecule is O=C(Nc1ccc(-c2nnco2)cc1)c1nccc2ccccc12. The third-order valence-electron chi connectivity index (χ3n) is 3.64. The highest BCUT2D eigenvalue weighted by atomic mass is 16.4. The molecule has 0 fully saturated rings. The second-order valence-electron chi connectivity index (χ2n) is 5.16. The molecule has 0 radical (unpaired) electrons. The molecule has 6 nitrogen and oxygen atoms in total. The van der Waals surface area contributed by atoms with Crippen LogP contribution in [0.25, 0.3) is 22.2 Å². The number of hydrogen-bond acceptors (Lipinski definition) is 5. The Labute approximate surface area is 137 Å². The number of amides is 1. The summed E-state index contributed by atoms with van der Waals surface area (Å²) in [6, 6.07) is 16.7. The Kier molecular flexibility index (Phi) is 3.47. The van der Waals surface area contributed by atoms with Gasteiger partial charge in [0.05, 0.1) is 0 Å². The van der Waals surface area contributed by atoms with Crippen molar-refractivity contribution in [2.45, 2.75) is 0 Å². The van der Waals surface area contributed by atoms with Crippen LogP contribution in [0.4, 0.5) is 5.69 Å². The van der Waals surface area contributed by atoms with Crippen molar-refractivity contribution in [3.05, 3.63) is 72.9 Å². The smallest absolute Gasteiger partial charge is 0.274 e. The zero-order valence-corrected chi connectivity index (χ0v) is 12.5. The number of carbonyl (C=O) groups excluding carboxylic acids is 1. The number of benzene rings is 2. The van der Waals surface area contributed by atoms with Gasteiger partial charge in [-0.25, -0.2) is 0 Å². The largest absolute Gasteiger partial charge is 0.423 e. The normalized spacial score (nSPS) is 10.7. The predicted molar refractivity (Wildman–Crippen MR) is 89.4 cm³/mol. The van der Waals surface area contributed by atoms with Crippen molar-refractivity contribution in [3.63, 3.8) is 0 Å². The second kappa shape index (κ2) is 5.92. The Bertz CT molecular complexity index is 990. The highest BCUT2D eigenvalue weighted by molar-refractivity contribution is 6.11. The summed E-state index contributed by atoms with van der Waals surface area (Å²) in [5.41, 5.74) is 1.85. The molecule has 0 aliphatic heterocycles. The molecule has 4 rings (SSSR count). The number of nitrogens with one attached hydrogen (secondary N) is 1. The molecule has 0 bridgehead atoms. The summed E-state index contributed by atoms with van der Waals surface area (Å²) in [7, 11) is 0. The number of aromatic nitrogens is 3. The van der Waals surface area contributed by atoms with E-state index < -0.39 is 0 Å². The Morgan fingerprint density at radius 2 is 1.83 bits per heavy atom. The van der Waals surface area contributed by atoms with Crippen molar-refractivity contribution < 1.29 is 9.21 Å². The Hall–Kier alpha value is -3.54. The summed E-state index contributed by atoms with van der Waals surface area (Å²) in [6.07, 6.45) is 2.91. The van der Waals surface area contributed by atoms with E-state index in [4.69, 9.17) is 4.42 Å². The maximum atomic E-state index is 12.5. The lowest BCUT2D eigenvalue weighted by molar-refractivity contribution is 0.102. The van der Waals surface area contributed by atoms with Gasteiger partial charge in [-0.15, -0.1) is 10.2 Å². The van der Waals surface area contributed by atoms with E-state index >= 15 is 0 Å². The van der Waals surface area contributed by atoms with Crippen molar-refractivity contribution in [1.29, 1.82) is 0 Å². The minimum absolute atomic E-state index is 0.252. The Balaban J connectivity index is 1.59. The summed E-state index contributed by atoms with van der Waals surface area (Å²) in [5, 5.41) is 12.1. The van der Waals surface area contributed by atoms with Crippen molar-refractivity contribution in [3.8, 4) is 11.5 Å². The van der Waals surface area contributed by atoms with Gasteiger partial charge in [-0.1, -0.05) is 24.3 Å². The highest BCUT2D eigenvalue weighted by Crippen LogP contribution is 2.21. The van der Waals surface area contributed by atoms with Gasteiger partial charge >= 0.3 is 0 Å². The summed E-state index contributed by atoms with van der Waals surface area (Å²) in [4.78, 5) is 16.7. The average molecular weight is 316 g/mol. The van der Waals surface area contributed by atoms with E-state index in [0.29, 0.717) is 17.3 Å². The van der Waals surface area contributed by atoms with Crippen molar-refractivity contribution in [2.24, 2.45) is 0 Å². The molecule has 0 spiro atoms. The van der Waals surface area contributed by atoms with Crippen LogP contribution >= 0.6 is 0 Å². The van der Waals surface area contributed by atoms with Gasteiger partial charge < -0.3 is 9.73 Å². The summed E-state index contributed by atoms with van der Waals surface area (Å²) in [6.45, 7) is 0. The number of fused-ring (bicyclic) bond motifs is 1. The van der Waals surface area contributed by atoms with E-state index in [1.54, 1.807) is 30.5 Å². The summed E-state index contributed by atoms with van der Waals surface area (Å²) in [5.74, 6) is 0.181. The molecular weight excluding hydrogens is 304 g/mol. The number of anilines is 1. The van der Waals surface area contributed by atoms with Crippen LogP contribution in [0.5, 0.6) is 0 Å². The first kappa shape index (κ1) is 14.1. The molecule has 0 unspecified atom stereocenters. The Morgan fingerprint density at radius 1 is 1.00 bits per heavy atom. The van der Waals surface area contributed by atoms with E-state index in [1.165, 1.54) is 6.39 Å². The molecular formula is C18H12N4O2. The number of carbonyl (C=O) groups is 1. The van der Waals surface area contributed by atoms with E-state index in [1.807, 2.05) is 30.3 Å². The minimum Gasteiger partial charge on any atom is -0.423 e. The number of nitrogens with zero attached hydrogens (tertiary/aromatic N) is 3. The fourth-order valence-corrected chi connectivity index (χ4v) is 2.49. The second-order valence-corrected chi connectivity index (χ2v) is 5.16. The van der Waals surface area contributed by atoms with Crippen LogP contribution in [0.2, 0.25) is 0 Å². The topological polar surface area (TPSA) is 80.9 Å². The number of pyridine rings is 1. The van der Waals surface area contributed by atoms with Crippen LogP contribution < -0.4 is 5.32 Å². The summed E-state index contributed by atoms with van der Waals surface area (Å²) < 4.78 is 5.14. The van der Waals surface area contributed by atoms with Crippen LogP contribution in [-0.4, -0.2) is 21.1 Å². The molecule has 6 heteroatoms. The van der Waals surface area contributed by atoms with Gasteiger partial charge in [0.15, 0.2) is 0 Å². The standard InChI is InChI=1S/C18H12N4O2/c23-17(16-15-4-2-1-3-12(15)9-10-19-16)21-14-7-5-13(6-8-14)18-22-20-11-24-18/h1-11H,(H,21,23). The molecule has 0 saturated heterocycles. The maximum absolute atomic E-state index is 12.5. The molecule has 1 N–H and O–H groups in total. The zero-order valence-electron chi connectivity index (χ0n) is 12.5. The lowest BCUT2D eigenvalue weighted by Gasteiger charge is -2.07. The van der Waals surface area contributed by atoms with Crippen molar-refractivity contribution >= 4 is 22.4 Å². The molecule has 2 aromatic heterocycles. The molecule has 0 atom stereocenters. The van der Waals surface area contributed by atoms with Gasteiger partial charge in [-0.3, -0.25) is 9.78 Å². The van der Waals surface area contributed by atoms with E-state index in [2.05, 4.69) is 20.5 Å². The van der Waals surface area contributed by atoms with Crippen LogP contribution in [0.15, 0.2) is 71.6 Å². The van der Waals surface area contributed by atoms with Crippen LogP contribution in [0.1, 0.15) is 10.5 Å². The third kappa shape index (κ3) is 2.61. The molecule has 0 saturated carbocycles. The first-order valence-electron chi connectivity index (χ1n) is 7.33. The fraction of sp³-hybridized carbons (Fsp3) is 0. The third-order valence-corrected chi connectivity index (χ3v) is 3.64. The first-order valence-corrected chi connectivity index (χ1v) is 7.33. The average Bonchev–Trinajstić information content (AvgIpc) is 3.16. The van der Waals surface area contributed by atoms with Gasteiger partial charge in [-0.2, -0.15) is 0 Å². The van der Waals surface area contributed by atoms with Crippen LogP contribution in [0, 0.1) is 0 Å². The number of rotatable bonds is 3. The zero-order chi connectivity index (χ0) is 16.4. The molecule has 116 valence electrons. The predicted octanol–water partition coefficient (Wildman–Crippen LogP) is 3.54. The van der Waals surface area contributed by atoms with Crippen molar-refractivity contribution in [2.75, 3.05) is 5.32 Å². The molecule has 1 amide bonds. The molecule has 2 aromatic carbocycles.